The van der Waals surface area contributed by atoms with Crippen molar-refractivity contribution in [2.45, 2.75) is 6.54 Å². The molecule has 0 aliphatic heterocycles. The van der Waals surface area contributed by atoms with Crippen LogP contribution >= 0.6 is 11.6 Å². The number of pyridine rings is 1. The van der Waals surface area contributed by atoms with Crippen molar-refractivity contribution in [3.63, 3.8) is 0 Å². The molecule has 4 aromatic rings. The molecule has 0 atom stereocenters. The van der Waals surface area contributed by atoms with Gasteiger partial charge in [-0.05, 0) is 36.4 Å². The first-order chi connectivity index (χ1) is 12.5. The number of rotatable bonds is 3. The molecule has 4 rings (SSSR count). The number of nitrogens with zero attached hydrogens (tertiary/aromatic N) is 4. The van der Waals surface area contributed by atoms with Crippen LogP contribution < -0.4 is 11.3 Å². The van der Waals surface area contributed by atoms with Gasteiger partial charge in [-0.3, -0.25) is 9.20 Å². The van der Waals surface area contributed by atoms with Gasteiger partial charge in [-0.15, -0.1) is 5.10 Å². The van der Waals surface area contributed by atoms with Crippen molar-refractivity contribution < 1.29 is 8.81 Å². The molecular weight excluding hydrogens is 363 g/mol. The normalized spacial score (nSPS) is 11.2. The first kappa shape index (κ1) is 16.2. The fourth-order valence-corrected chi connectivity index (χ4v) is 2.64. The largest absolute Gasteiger partial charge is 0.437 e. The number of benzene rings is 1. The fourth-order valence-electron chi connectivity index (χ4n) is 2.48. The van der Waals surface area contributed by atoms with Gasteiger partial charge in [-0.1, -0.05) is 11.6 Å². The summed E-state index contributed by atoms with van der Waals surface area (Å²) in [4.78, 5) is 28.5. The predicted molar refractivity (Wildman–Crippen MR) is 91.7 cm³/mol. The summed E-state index contributed by atoms with van der Waals surface area (Å²) < 4.78 is 20.4. The minimum absolute atomic E-state index is 0.0438. The maximum Gasteiger partial charge on any atom is 0.437 e. The van der Waals surface area contributed by atoms with E-state index in [2.05, 4.69) is 10.1 Å². The minimum atomic E-state index is -0.706. The zero-order valence-electron chi connectivity index (χ0n) is 13.1. The minimum Gasteiger partial charge on any atom is -0.388 e. The predicted octanol–water partition coefficient (Wildman–Crippen LogP) is 2.35. The molecule has 0 amide bonds. The molecule has 0 aliphatic carbocycles. The van der Waals surface area contributed by atoms with Gasteiger partial charge in [0, 0.05) is 17.8 Å². The quantitative estimate of drug-likeness (QED) is 0.551. The topological polar surface area (TPSA) is 82.4 Å². The standard InChI is InChI=1S/C17H10ClFN4O3/c18-11-3-6-14-20-13(7-15(24)22(14)8-11)9-23-17(25)26-16(21-23)10-1-4-12(19)5-2-10/h1-8H,9H2. The van der Waals surface area contributed by atoms with Crippen molar-refractivity contribution in [3.8, 4) is 11.5 Å². The number of aromatic nitrogens is 4. The lowest BCUT2D eigenvalue weighted by Crippen LogP contribution is -2.21. The van der Waals surface area contributed by atoms with Crippen LogP contribution in [0.4, 0.5) is 4.39 Å². The van der Waals surface area contributed by atoms with Crippen LogP contribution in [0.5, 0.6) is 0 Å². The van der Waals surface area contributed by atoms with Gasteiger partial charge < -0.3 is 4.42 Å². The van der Waals surface area contributed by atoms with Crippen LogP contribution in [-0.2, 0) is 6.54 Å². The third kappa shape index (κ3) is 3.02. The molecule has 1 aromatic carbocycles. The average Bonchev–Trinajstić information content (AvgIpc) is 2.97. The zero-order chi connectivity index (χ0) is 18.3. The number of halogens is 2. The summed E-state index contributed by atoms with van der Waals surface area (Å²) in [6, 6.07) is 9.90. The van der Waals surface area contributed by atoms with Crippen LogP contribution in [0.25, 0.3) is 17.1 Å². The Hall–Kier alpha value is -3.26. The molecule has 0 fully saturated rings. The number of hydrogen-bond acceptors (Lipinski definition) is 5. The van der Waals surface area contributed by atoms with Crippen LogP contribution in [0.2, 0.25) is 5.02 Å². The van der Waals surface area contributed by atoms with E-state index in [9.17, 15) is 14.0 Å². The Labute approximate surface area is 149 Å². The molecule has 3 heterocycles. The summed E-state index contributed by atoms with van der Waals surface area (Å²) >= 11 is 5.87. The highest BCUT2D eigenvalue weighted by Gasteiger charge is 2.12. The lowest BCUT2D eigenvalue weighted by Gasteiger charge is -2.03. The highest BCUT2D eigenvalue weighted by molar-refractivity contribution is 6.30. The Morgan fingerprint density at radius 3 is 2.65 bits per heavy atom. The van der Waals surface area contributed by atoms with E-state index < -0.39 is 11.6 Å². The Bertz CT molecular complexity index is 1230. The molecule has 0 N–H and O–H groups in total. The second-order valence-electron chi connectivity index (χ2n) is 5.50. The van der Waals surface area contributed by atoms with E-state index in [1.165, 1.54) is 40.9 Å². The van der Waals surface area contributed by atoms with Gasteiger partial charge in [0.25, 0.3) is 5.56 Å². The summed E-state index contributed by atoms with van der Waals surface area (Å²) in [5.74, 6) is -1.06. The van der Waals surface area contributed by atoms with Crippen LogP contribution in [-0.4, -0.2) is 19.2 Å². The Balaban J connectivity index is 1.70. The van der Waals surface area contributed by atoms with E-state index in [0.717, 1.165) is 4.68 Å². The Kier molecular flexibility index (Phi) is 3.89. The average molecular weight is 373 g/mol. The SMILES string of the molecule is O=c1oc(-c2ccc(F)cc2)nn1Cc1cc(=O)n2cc(Cl)ccc2n1. The highest BCUT2D eigenvalue weighted by Crippen LogP contribution is 2.16. The molecule has 7 nitrogen and oxygen atoms in total. The van der Waals surface area contributed by atoms with Crippen molar-refractivity contribution in [3.05, 3.63) is 86.1 Å². The molecule has 26 heavy (non-hydrogen) atoms. The summed E-state index contributed by atoms with van der Waals surface area (Å²) in [6.07, 6.45) is 1.46. The van der Waals surface area contributed by atoms with Gasteiger partial charge >= 0.3 is 5.76 Å². The van der Waals surface area contributed by atoms with Crippen LogP contribution in [0.1, 0.15) is 5.69 Å². The molecule has 0 radical (unpaired) electrons. The van der Waals surface area contributed by atoms with E-state index in [1.54, 1.807) is 12.1 Å². The monoisotopic (exact) mass is 372 g/mol. The summed E-state index contributed by atoms with van der Waals surface area (Å²) in [6.45, 7) is -0.0438. The second kappa shape index (κ2) is 6.23. The maximum absolute atomic E-state index is 13.0. The molecule has 3 aromatic heterocycles. The third-order valence-corrected chi connectivity index (χ3v) is 3.91. The molecule has 0 bridgehead atoms. The smallest absolute Gasteiger partial charge is 0.388 e. The third-order valence-electron chi connectivity index (χ3n) is 3.69. The summed E-state index contributed by atoms with van der Waals surface area (Å²) in [7, 11) is 0. The van der Waals surface area contributed by atoms with Crippen LogP contribution in [0.3, 0.4) is 0 Å². The number of fused-ring (bicyclic) bond motifs is 1. The lowest BCUT2D eigenvalue weighted by atomic mass is 10.2. The highest BCUT2D eigenvalue weighted by atomic mass is 35.5. The van der Waals surface area contributed by atoms with E-state index in [0.29, 0.717) is 21.9 Å². The van der Waals surface area contributed by atoms with Crippen molar-refractivity contribution in [2.75, 3.05) is 0 Å². The lowest BCUT2D eigenvalue weighted by molar-refractivity contribution is 0.493. The van der Waals surface area contributed by atoms with Crippen LogP contribution in [0.15, 0.2) is 62.7 Å². The molecule has 130 valence electrons. The Morgan fingerprint density at radius 1 is 1.12 bits per heavy atom. The zero-order valence-corrected chi connectivity index (χ0v) is 13.9. The van der Waals surface area contributed by atoms with Crippen molar-refractivity contribution in [1.29, 1.82) is 0 Å². The van der Waals surface area contributed by atoms with Crippen LogP contribution in [0, 0.1) is 5.82 Å². The van der Waals surface area contributed by atoms with Gasteiger partial charge in [-0.25, -0.2) is 14.2 Å². The Morgan fingerprint density at radius 2 is 1.88 bits per heavy atom. The van der Waals surface area contributed by atoms with Crippen molar-refractivity contribution in [2.24, 2.45) is 0 Å². The summed E-state index contributed by atoms with van der Waals surface area (Å²) in [5, 5.41) is 4.48. The van der Waals surface area contributed by atoms with E-state index in [-0.39, 0.29) is 18.0 Å². The van der Waals surface area contributed by atoms with Gasteiger partial charge in [0.15, 0.2) is 0 Å². The van der Waals surface area contributed by atoms with Gasteiger partial charge in [0.2, 0.25) is 5.89 Å². The fraction of sp³-hybridized carbons (Fsp3) is 0.0588. The van der Waals surface area contributed by atoms with Crippen molar-refractivity contribution >= 4 is 17.2 Å². The molecule has 0 spiro atoms. The molecule has 0 saturated carbocycles. The molecule has 0 unspecified atom stereocenters. The molecule has 9 heteroatoms. The molecular formula is C17H10ClFN4O3. The second-order valence-corrected chi connectivity index (χ2v) is 5.94. The van der Waals surface area contributed by atoms with Gasteiger partial charge in [-0.2, -0.15) is 4.68 Å². The first-order valence-corrected chi connectivity index (χ1v) is 7.89. The first-order valence-electron chi connectivity index (χ1n) is 7.51. The van der Waals surface area contributed by atoms with Crippen molar-refractivity contribution in [1.82, 2.24) is 19.2 Å². The van der Waals surface area contributed by atoms with E-state index in [1.807, 2.05) is 0 Å². The van der Waals surface area contributed by atoms with E-state index >= 15 is 0 Å². The molecule has 0 aliphatic rings. The van der Waals surface area contributed by atoms with E-state index in [4.69, 9.17) is 16.0 Å². The van der Waals surface area contributed by atoms with Gasteiger partial charge in [0.1, 0.15) is 11.5 Å². The van der Waals surface area contributed by atoms with Gasteiger partial charge in [0.05, 0.1) is 17.3 Å². The number of hydrogen-bond donors (Lipinski definition) is 0. The molecule has 0 saturated heterocycles. The summed E-state index contributed by atoms with van der Waals surface area (Å²) in [5.41, 5.74) is 0.872. The maximum atomic E-state index is 13.0.